The summed E-state index contributed by atoms with van der Waals surface area (Å²) < 4.78 is 12.2. The fourth-order valence-corrected chi connectivity index (χ4v) is 4.29. The quantitative estimate of drug-likeness (QED) is 0.300. The molecule has 1 aliphatic heterocycles. The van der Waals surface area contributed by atoms with Gasteiger partial charge in [-0.3, -0.25) is 14.7 Å². The number of amides is 1. The highest BCUT2D eigenvalue weighted by Crippen LogP contribution is 2.27. The molecular weight excluding hydrogens is 512 g/mol. The lowest BCUT2D eigenvalue weighted by Crippen LogP contribution is -2.37. The van der Waals surface area contributed by atoms with E-state index >= 15 is 0 Å². The average molecular weight is 537 g/mol. The number of imidazole rings is 1. The van der Waals surface area contributed by atoms with Crippen molar-refractivity contribution in [3.8, 4) is 11.5 Å². The summed E-state index contributed by atoms with van der Waals surface area (Å²) in [5.74, 6) is 1.58. The molecule has 10 heteroatoms. The van der Waals surface area contributed by atoms with Gasteiger partial charge in [0, 0.05) is 54.7 Å². The molecule has 1 fully saturated rings. The van der Waals surface area contributed by atoms with E-state index in [9.17, 15) is 4.79 Å². The van der Waals surface area contributed by atoms with E-state index in [2.05, 4.69) is 46.4 Å². The predicted octanol–water partition coefficient (Wildman–Crippen LogP) is 4.66. The maximum Gasteiger partial charge on any atom is 0.270 e. The highest BCUT2D eigenvalue weighted by molar-refractivity contribution is 9.10. The number of anilines is 2. The van der Waals surface area contributed by atoms with Gasteiger partial charge >= 0.3 is 0 Å². The van der Waals surface area contributed by atoms with E-state index in [1.54, 1.807) is 25.4 Å². The second-order valence-corrected chi connectivity index (χ2v) is 9.24. The summed E-state index contributed by atoms with van der Waals surface area (Å²) in [7, 11) is 1.67. The zero-order valence-electron chi connectivity index (χ0n) is 19.1. The predicted molar refractivity (Wildman–Crippen MR) is 137 cm³/mol. The van der Waals surface area contributed by atoms with Gasteiger partial charge in [0.1, 0.15) is 17.2 Å². The second kappa shape index (κ2) is 10.4. The second-order valence-electron chi connectivity index (χ2n) is 8.33. The largest absolute Gasteiger partial charge is 0.457 e. The number of aromatic nitrogens is 3. The Bertz CT molecular complexity index is 1330. The molecule has 0 radical (unpaired) electrons. The van der Waals surface area contributed by atoms with Crippen LogP contribution in [0.2, 0.25) is 0 Å². The Kier molecular flexibility index (Phi) is 6.94. The Morgan fingerprint density at radius 3 is 2.83 bits per heavy atom. The molecule has 0 unspecified atom stereocenters. The van der Waals surface area contributed by atoms with Crippen LogP contribution in [0.25, 0.3) is 11.0 Å². The van der Waals surface area contributed by atoms with E-state index in [0.717, 1.165) is 40.7 Å². The number of carbonyl (C=O) groups is 1. The lowest BCUT2D eigenvalue weighted by Gasteiger charge is -2.15. The molecule has 1 amide bonds. The molecule has 35 heavy (non-hydrogen) atoms. The molecule has 5 rings (SSSR count). The molecule has 4 aromatic rings. The van der Waals surface area contributed by atoms with E-state index in [0.29, 0.717) is 29.9 Å². The van der Waals surface area contributed by atoms with Crippen molar-refractivity contribution in [2.75, 3.05) is 32.2 Å². The van der Waals surface area contributed by atoms with E-state index in [4.69, 9.17) is 9.47 Å². The van der Waals surface area contributed by atoms with Gasteiger partial charge < -0.3 is 25.1 Å². The van der Waals surface area contributed by atoms with Gasteiger partial charge in [-0.25, -0.2) is 4.98 Å². The van der Waals surface area contributed by atoms with Crippen LogP contribution in [0.4, 0.5) is 11.6 Å². The zero-order chi connectivity index (χ0) is 24.2. The van der Waals surface area contributed by atoms with Crippen molar-refractivity contribution in [3.05, 3.63) is 71.0 Å². The topological polar surface area (TPSA) is 104 Å². The Labute approximate surface area is 211 Å². The van der Waals surface area contributed by atoms with Gasteiger partial charge in [0.05, 0.1) is 17.8 Å². The van der Waals surface area contributed by atoms with Crippen LogP contribution in [-0.2, 0) is 4.74 Å². The maximum atomic E-state index is 12.7. The lowest BCUT2D eigenvalue weighted by molar-refractivity contribution is 0.0774. The minimum absolute atomic E-state index is 0.0759. The summed E-state index contributed by atoms with van der Waals surface area (Å²) in [4.78, 5) is 26.9. The number of fused-ring (bicyclic) bond motifs is 1. The van der Waals surface area contributed by atoms with Crippen LogP contribution >= 0.6 is 15.9 Å². The third kappa shape index (κ3) is 5.79. The Hall–Kier alpha value is -3.47. The number of nitrogens with zero attached hydrogens (tertiary/aromatic N) is 3. The molecule has 1 saturated heterocycles. The lowest BCUT2D eigenvalue weighted by atomic mass is 10.2. The number of ether oxygens (including phenoxy) is 2. The van der Waals surface area contributed by atoms with E-state index in [1.807, 2.05) is 42.5 Å². The van der Waals surface area contributed by atoms with Gasteiger partial charge in [-0.1, -0.05) is 15.9 Å². The first kappa shape index (κ1) is 23.3. The molecule has 0 spiro atoms. The summed E-state index contributed by atoms with van der Waals surface area (Å²) in [5, 5.41) is 6.31. The first-order chi connectivity index (χ1) is 17.1. The van der Waals surface area contributed by atoms with E-state index < -0.39 is 0 Å². The SMILES string of the molecule is COCN1CC[C@@H](NC(=O)c2cc(Oc3ccc4nc(Nc5ccc(Br)cc5)[nH]c4c3)ccn2)C1. The van der Waals surface area contributed by atoms with Crippen LogP contribution < -0.4 is 15.4 Å². The Morgan fingerprint density at radius 1 is 1.17 bits per heavy atom. The summed E-state index contributed by atoms with van der Waals surface area (Å²) in [6.07, 6.45) is 2.46. The van der Waals surface area contributed by atoms with Crippen LogP contribution in [0.1, 0.15) is 16.9 Å². The molecule has 0 bridgehead atoms. The number of halogens is 1. The normalized spacial score (nSPS) is 15.9. The third-order valence-corrected chi connectivity index (χ3v) is 6.21. The van der Waals surface area contributed by atoms with Crippen LogP contribution in [0.3, 0.4) is 0 Å². The molecule has 3 N–H and O–H groups in total. The molecule has 0 aliphatic carbocycles. The third-order valence-electron chi connectivity index (χ3n) is 5.68. The molecule has 1 aliphatic rings. The van der Waals surface area contributed by atoms with Gasteiger partial charge in [0.15, 0.2) is 0 Å². The molecular formula is C25H25BrN6O3. The number of likely N-dealkylation sites (tertiary alicyclic amines) is 1. The zero-order valence-corrected chi connectivity index (χ0v) is 20.7. The minimum Gasteiger partial charge on any atom is -0.457 e. The Morgan fingerprint density at radius 2 is 2.00 bits per heavy atom. The molecule has 1 atom stereocenters. The number of nitrogens with one attached hydrogen (secondary N) is 3. The van der Waals surface area contributed by atoms with Crippen LogP contribution in [0, 0.1) is 0 Å². The summed E-state index contributed by atoms with van der Waals surface area (Å²) in [6.45, 7) is 2.22. The molecule has 3 heterocycles. The van der Waals surface area contributed by atoms with Gasteiger partial charge in [-0.05, 0) is 48.9 Å². The van der Waals surface area contributed by atoms with Crippen LogP contribution in [0.15, 0.2) is 65.3 Å². The van der Waals surface area contributed by atoms with Gasteiger partial charge in [-0.2, -0.15) is 0 Å². The van der Waals surface area contributed by atoms with Gasteiger partial charge in [0.25, 0.3) is 5.91 Å². The number of pyridine rings is 1. The maximum absolute atomic E-state index is 12.7. The number of hydrogen-bond donors (Lipinski definition) is 3. The highest BCUT2D eigenvalue weighted by Gasteiger charge is 2.24. The van der Waals surface area contributed by atoms with Crippen molar-refractivity contribution >= 4 is 44.5 Å². The monoisotopic (exact) mass is 536 g/mol. The van der Waals surface area contributed by atoms with Gasteiger partial charge in [0.2, 0.25) is 5.95 Å². The van der Waals surface area contributed by atoms with E-state index in [1.165, 1.54) is 0 Å². The fraction of sp³-hybridized carbons (Fsp3) is 0.240. The van der Waals surface area contributed by atoms with Crippen molar-refractivity contribution in [1.29, 1.82) is 0 Å². The number of methoxy groups -OCH3 is 1. The van der Waals surface area contributed by atoms with Crippen molar-refractivity contribution in [2.24, 2.45) is 0 Å². The minimum atomic E-state index is -0.215. The molecule has 180 valence electrons. The number of carbonyl (C=O) groups excluding carboxylic acids is 1. The fourth-order valence-electron chi connectivity index (χ4n) is 4.03. The number of aromatic amines is 1. The summed E-state index contributed by atoms with van der Waals surface area (Å²) >= 11 is 3.44. The van der Waals surface area contributed by atoms with Gasteiger partial charge in [-0.15, -0.1) is 0 Å². The first-order valence-corrected chi connectivity index (χ1v) is 12.0. The summed E-state index contributed by atoms with van der Waals surface area (Å²) in [6, 6.07) is 16.9. The first-order valence-electron chi connectivity index (χ1n) is 11.2. The van der Waals surface area contributed by atoms with Crippen molar-refractivity contribution in [2.45, 2.75) is 12.5 Å². The van der Waals surface area contributed by atoms with Crippen molar-refractivity contribution < 1.29 is 14.3 Å². The average Bonchev–Trinajstić information content (AvgIpc) is 3.46. The molecule has 2 aromatic heterocycles. The van der Waals surface area contributed by atoms with Crippen LogP contribution in [0.5, 0.6) is 11.5 Å². The van der Waals surface area contributed by atoms with Crippen molar-refractivity contribution in [3.63, 3.8) is 0 Å². The van der Waals surface area contributed by atoms with Crippen molar-refractivity contribution in [1.82, 2.24) is 25.2 Å². The highest BCUT2D eigenvalue weighted by atomic mass is 79.9. The summed E-state index contributed by atoms with van der Waals surface area (Å²) in [5.41, 5.74) is 2.88. The standard InChI is InChI=1S/C25H25BrN6O3/c1-34-15-32-11-9-18(14-32)28-24(33)23-13-20(8-10-27-23)35-19-6-7-21-22(12-19)31-25(30-21)29-17-4-2-16(26)3-5-17/h2-8,10,12-13,18H,9,11,14-15H2,1H3,(H,28,33)(H2,29,30,31)/t18-/m1/s1. The molecule has 0 saturated carbocycles. The molecule has 2 aromatic carbocycles. The number of rotatable bonds is 8. The van der Waals surface area contributed by atoms with E-state index in [-0.39, 0.29) is 11.9 Å². The van der Waals surface area contributed by atoms with Crippen LogP contribution in [-0.4, -0.2) is 58.7 Å². The smallest absolute Gasteiger partial charge is 0.270 e. The number of H-pyrrole nitrogens is 1. The molecule has 9 nitrogen and oxygen atoms in total. The Balaban J connectivity index is 1.24. The number of benzene rings is 2. The number of hydrogen-bond acceptors (Lipinski definition) is 7.